The maximum Gasteiger partial charge on any atom is 0.0703 e. The first-order valence-corrected chi connectivity index (χ1v) is 7.39. The molecule has 0 spiro atoms. The first-order valence-electron chi connectivity index (χ1n) is 6.51. The number of benzene rings is 1. The van der Waals surface area contributed by atoms with Crippen LogP contribution in [0.25, 0.3) is 10.9 Å². The van der Waals surface area contributed by atoms with Crippen molar-refractivity contribution in [3.05, 3.63) is 58.9 Å². The van der Waals surface area contributed by atoms with E-state index in [2.05, 4.69) is 46.9 Å². The quantitative estimate of drug-likeness (QED) is 0.731. The SMILES string of the molecule is CCC(Nc1cnc2ccccc2c1)c1cccs1. The minimum absolute atomic E-state index is 0.364. The molecular formula is C16H16N2S. The van der Waals surface area contributed by atoms with Crippen LogP contribution in [0.15, 0.2) is 54.0 Å². The molecule has 1 unspecified atom stereocenters. The van der Waals surface area contributed by atoms with Crippen molar-refractivity contribution >= 4 is 27.9 Å². The smallest absolute Gasteiger partial charge is 0.0703 e. The van der Waals surface area contributed by atoms with Crippen LogP contribution in [0.1, 0.15) is 24.3 Å². The summed E-state index contributed by atoms with van der Waals surface area (Å²) in [6.07, 6.45) is 2.98. The van der Waals surface area contributed by atoms with Gasteiger partial charge in [0.1, 0.15) is 0 Å². The Labute approximate surface area is 117 Å². The van der Waals surface area contributed by atoms with Gasteiger partial charge in [-0.05, 0) is 30.0 Å². The number of nitrogens with one attached hydrogen (secondary N) is 1. The number of aromatic nitrogens is 1. The van der Waals surface area contributed by atoms with Gasteiger partial charge in [0.2, 0.25) is 0 Å². The van der Waals surface area contributed by atoms with Crippen LogP contribution in [-0.2, 0) is 0 Å². The molecule has 0 saturated heterocycles. The highest BCUT2D eigenvalue weighted by molar-refractivity contribution is 7.10. The van der Waals surface area contributed by atoms with E-state index in [1.807, 2.05) is 24.4 Å². The summed E-state index contributed by atoms with van der Waals surface area (Å²) in [5.74, 6) is 0. The van der Waals surface area contributed by atoms with Gasteiger partial charge in [-0.3, -0.25) is 4.98 Å². The van der Waals surface area contributed by atoms with Crippen molar-refractivity contribution in [3.63, 3.8) is 0 Å². The molecule has 0 aliphatic carbocycles. The molecule has 0 aliphatic heterocycles. The van der Waals surface area contributed by atoms with Gasteiger partial charge in [-0.15, -0.1) is 11.3 Å². The highest BCUT2D eigenvalue weighted by Gasteiger charge is 2.10. The van der Waals surface area contributed by atoms with Crippen LogP contribution < -0.4 is 5.32 Å². The van der Waals surface area contributed by atoms with E-state index in [0.29, 0.717) is 6.04 Å². The van der Waals surface area contributed by atoms with Gasteiger partial charge in [0.15, 0.2) is 0 Å². The molecule has 2 heterocycles. The number of hydrogen-bond acceptors (Lipinski definition) is 3. The summed E-state index contributed by atoms with van der Waals surface area (Å²) in [6.45, 7) is 2.20. The van der Waals surface area contributed by atoms with Crippen molar-refractivity contribution in [2.24, 2.45) is 0 Å². The van der Waals surface area contributed by atoms with Crippen LogP contribution >= 0.6 is 11.3 Å². The third kappa shape index (κ3) is 2.61. The van der Waals surface area contributed by atoms with Crippen LogP contribution in [0.3, 0.4) is 0 Å². The van der Waals surface area contributed by atoms with E-state index in [4.69, 9.17) is 0 Å². The Bertz CT molecular complexity index is 661. The van der Waals surface area contributed by atoms with E-state index in [1.165, 1.54) is 10.3 Å². The predicted molar refractivity (Wildman–Crippen MR) is 82.7 cm³/mol. The van der Waals surface area contributed by atoms with Gasteiger partial charge in [-0.2, -0.15) is 0 Å². The van der Waals surface area contributed by atoms with Crippen molar-refractivity contribution in [2.75, 3.05) is 5.32 Å². The fourth-order valence-electron chi connectivity index (χ4n) is 2.22. The zero-order valence-corrected chi connectivity index (χ0v) is 11.7. The van der Waals surface area contributed by atoms with Gasteiger partial charge in [0.05, 0.1) is 23.4 Å². The summed E-state index contributed by atoms with van der Waals surface area (Å²) in [5, 5.41) is 6.87. The number of pyridine rings is 1. The zero-order chi connectivity index (χ0) is 13.1. The topological polar surface area (TPSA) is 24.9 Å². The molecule has 1 atom stereocenters. The Morgan fingerprint density at radius 3 is 2.89 bits per heavy atom. The lowest BCUT2D eigenvalue weighted by Gasteiger charge is -2.16. The maximum atomic E-state index is 4.49. The number of rotatable bonds is 4. The number of hydrogen-bond donors (Lipinski definition) is 1. The van der Waals surface area contributed by atoms with Gasteiger partial charge < -0.3 is 5.32 Å². The fourth-order valence-corrected chi connectivity index (χ4v) is 3.08. The molecule has 3 heteroatoms. The normalized spacial score (nSPS) is 12.5. The summed E-state index contributed by atoms with van der Waals surface area (Å²) in [7, 11) is 0. The Morgan fingerprint density at radius 1 is 1.21 bits per heavy atom. The molecule has 96 valence electrons. The van der Waals surface area contributed by atoms with Crippen LogP contribution in [0.4, 0.5) is 5.69 Å². The summed E-state index contributed by atoms with van der Waals surface area (Å²) >= 11 is 1.80. The Balaban J connectivity index is 1.88. The summed E-state index contributed by atoms with van der Waals surface area (Å²) in [6, 6.07) is 15.0. The molecule has 19 heavy (non-hydrogen) atoms. The van der Waals surface area contributed by atoms with Gasteiger partial charge in [0, 0.05) is 10.3 Å². The molecule has 1 N–H and O–H groups in total. The first kappa shape index (κ1) is 12.2. The Hall–Kier alpha value is -1.87. The molecule has 3 aromatic rings. The first-order chi connectivity index (χ1) is 9.36. The summed E-state index contributed by atoms with van der Waals surface area (Å²) in [5.41, 5.74) is 2.12. The highest BCUT2D eigenvalue weighted by atomic mass is 32.1. The predicted octanol–water partition coefficient (Wildman–Crippen LogP) is 4.86. The molecule has 2 aromatic heterocycles. The lowest BCUT2D eigenvalue weighted by atomic mass is 10.1. The van der Waals surface area contributed by atoms with Crippen LogP contribution in [0.2, 0.25) is 0 Å². The second-order valence-electron chi connectivity index (χ2n) is 4.54. The number of nitrogens with zero attached hydrogens (tertiary/aromatic N) is 1. The van der Waals surface area contributed by atoms with Crippen molar-refractivity contribution in [1.82, 2.24) is 4.98 Å². The molecule has 1 aromatic carbocycles. The maximum absolute atomic E-state index is 4.49. The molecular weight excluding hydrogens is 252 g/mol. The van der Waals surface area contributed by atoms with Crippen molar-refractivity contribution in [2.45, 2.75) is 19.4 Å². The zero-order valence-electron chi connectivity index (χ0n) is 10.8. The van der Waals surface area contributed by atoms with Crippen molar-refractivity contribution < 1.29 is 0 Å². The standard InChI is InChI=1S/C16H16N2S/c1-2-14(16-8-5-9-19-16)18-13-10-12-6-3-4-7-15(12)17-11-13/h3-11,14,18H,2H2,1H3. The molecule has 3 rings (SSSR count). The minimum Gasteiger partial charge on any atom is -0.376 e. The number of fused-ring (bicyclic) bond motifs is 1. The van der Waals surface area contributed by atoms with Crippen LogP contribution in [0, 0.1) is 0 Å². The molecule has 2 nitrogen and oxygen atoms in total. The van der Waals surface area contributed by atoms with Gasteiger partial charge >= 0.3 is 0 Å². The van der Waals surface area contributed by atoms with Crippen molar-refractivity contribution in [1.29, 1.82) is 0 Å². The highest BCUT2D eigenvalue weighted by Crippen LogP contribution is 2.27. The summed E-state index contributed by atoms with van der Waals surface area (Å²) in [4.78, 5) is 5.86. The molecule has 0 amide bonds. The largest absolute Gasteiger partial charge is 0.376 e. The Morgan fingerprint density at radius 2 is 2.11 bits per heavy atom. The monoisotopic (exact) mass is 268 g/mol. The van der Waals surface area contributed by atoms with E-state index in [-0.39, 0.29) is 0 Å². The number of anilines is 1. The number of thiophene rings is 1. The lowest BCUT2D eigenvalue weighted by molar-refractivity contribution is 0.763. The van der Waals surface area contributed by atoms with Gasteiger partial charge in [-0.1, -0.05) is 31.2 Å². The third-order valence-corrected chi connectivity index (χ3v) is 4.21. The Kier molecular flexibility index (Phi) is 3.47. The average Bonchev–Trinajstić information content (AvgIpc) is 2.98. The summed E-state index contributed by atoms with van der Waals surface area (Å²) < 4.78 is 0. The van der Waals surface area contributed by atoms with Crippen LogP contribution in [-0.4, -0.2) is 4.98 Å². The van der Waals surface area contributed by atoms with E-state index < -0.39 is 0 Å². The van der Waals surface area contributed by atoms with E-state index >= 15 is 0 Å². The molecule has 0 fully saturated rings. The van der Waals surface area contributed by atoms with E-state index in [1.54, 1.807) is 11.3 Å². The molecule has 0 aliphatic rings. The second kappa shape index (κ2) is 5.41. The van der Waals surface area contributed by atoms with E-state index in [9.17, 15) is 0 Å². The second-order valence-corrected chi connectivity index (χ2v) is 5.52. The lowest BCUT2D eigenvalue weighted by Crippen LogP contribution is -2.08. The third-order valence-electron chi connectivity index (χ3n) is 3.23. The average molecular weight is 268 g/mol. The number of para-hydroxylation sites is 1. The van der Waals surface area contributed by atoms with E-state index in [0.717, 1.165) is 17.6 Å². The van der Waals surface area contributed by atoms with Crippen LogP contribution in [0.5, 0.6) is 0 Å². The molecule has 0 radical (unpaired) electrons. The molecule has 0 bridgehead atoms. The fraction of sp³-hybridized carbons (Fsp3) is 0.188. The van der Waals surface area contributed by atoms with Crippen molar-refractivity contribution in [3.8, 4) is 0 Å². The van der Waals surface area contributed by atoms with Gasteiger partial charge in [-0.25, -0.2) is 0 Å². The molecule has 0 saturated carbocycles. The van der Waals surface area contributed by atoms with Gasteiger partial charge in [0.25, 0.3) is 0 Å². The minimum atomic E-state index is 0.364.